The standard InChI is InChI=1S/C15H24O5/c1-8-5-6-10-9(2)12(16-4)17-13-15(10)11(8)7-14(3,18-13)19-20-15/h8-13H,5-7H2,1-4H3/t8-,9-,10+,11+,12+,13-,14+,15+/m1/s1. The molecule has 4 saturated heterocycles. The van der Waals surface area contributed by atoms with Crippen LogP contribution in [0.15, 0.2) is 0 Å². The lowest BCUT2D eigenvalue weighted by atomic mass is 9.56. The first-order valence-corrected chi connectivity index (χ1v) is 7.73. The van der Waals surface area contributed by atoms with Crippen molar-refractivity contribution in [1.29, 1.82) is 0 Å². The summed E-state index contributed by atoms with van der Waals surface area (Å²) in [7, 11) is 1.70. The summed E-state index contributed by atoms with van der Waals surface area (Å²) in [6.45, 7) is 6.44. The van der Waals surface area contributed by atoms with Gasteiger partial charge in [-0.15, -0.1) is 0 Å². The minimum absolute atomic E-state index is 0.226. The van der Waals surface area contributed by atoms with Gasteiger partial charge in [-0.2, -0.15) is 0 Å². The Morgan fingerprint density at radius 2 is 1.90 bits per heavy atom. The van der Waals surface area contributed by atoms with Crippen molar-refractivity contribution in [3.8, 4) is 0 Å². The molecule has 5 heteroatoms. The number of ether oxygens (including phenoxy) is 3. The second-order valence-corrected chi connectivity index (χ2v) is 7.17. The van der Waals surface area contributed by atoms with Crippen molar-refractivity contribution in [3.05, 3.63) is 0 Å². The van der Waals surface area contributed by atoms with Gasteiger partial charge in [-0.3, -0.25) is 0 Å². The lowest BCUT2D eigenvalue weighted by Gasteiger charge is -2.66. The third kappa shape index (κ3) is 1.50. The average molecular weight is 284 g/mol. The molecule has 1 aliphatic carbocycles. The third-order valence-electron chi connectivity index (χ3n) is 6.01. The van der Waals surface area contributed by atoms with E-state index in [1.165, 1.54) is 6.42 Å². The van der Waals surface area contributed by atoms with E-state index in [1.54, 1.807) is 7.11 Å². The molecule has 0 N–H and O–H groups in total. The van der Waals surface area contributed by atoms with Crippen LogP contribution in [0.2, 0.25) is 0 Å². The van der Waals surface area contributed by atoms with Crippen molar-refractivity contribution in [2.75, 3.05) is 7.11 Å². The molecule has 0 radical (unpaired) electrons. The Hall–Kier alpha value is -0.200. The first-order valence-electron chi connectivity index (χ1n) is 7.73. The van der Waals surface area contributed by atoms with Crippen LogP contribution >= 0.6 is 0 Å². The van der Waals surface area contributed by atoms with Gasteiger partial charge in [0.2, 0.25) is 5.79 Å². The number of rotatable bonds is 1. The Morgan fingerprint density at radius 1 is 1.10 bits per heavy atom. The zero-order valence-corrected chi connectivity index (χ0v) is 12.6. The van der Waals surface area contributed by atoms with Crippen molar-refractivity contribution in [1.82, 2.24) is 0 Å². The van der Waals surface area contributed by atoms with E-state index >= 15 is 0 Å². The number of hydrogen-bond acceptors (Lipinski definition) is 5. The molecule has 0 amide bonds. The molecule has 5 fully saturated rings. The van der Waals surface area contributed by atoms with Gasteiger partial charge >= 0.3 is 0 Å². The lowest BCUT2D eigenvalue weighted by Crippen LogP contribution is -2.76. The molecule has 20 heavy (non-hydrogen) atoms. The molecule has 1 spiro atoms. The third-order valence-corrected chi connectivity index (χ3v) is 6.01. The summed E-state index contributed by atoms with van der Waals surface area (Å²) >= 11 is 0. The summed E-state index contributed by atoms with van der Waals surface area (Å²) < 4.78 is 17.7. The highest BCUT2D eigenvalue weighted by Gasteiger charge is 2.72. The second-order valence-electron chi connectivity index (χ2n) is 7.17. The molecule has 4 heterocycles. The zero-order chi connectivity index (χ0) is 14.1. The fourth-order valence-corrected chi connectivity index (χ4v) is 4.96. The first-order chi connectivity index (χ1) is 9.50. The van der Waals surface area contributed by atoms with Crippen LogP contribution in [-0.2, 0) is 24.0 Å². The monoisotopic (exact) mass is 284 g/mol. The van der Waals surface area contributed by atoms with Gasteiger partial charge in [0.25, 0.3) is 0 Å². The molecular formula is C15H24O5. The minimum Gasteiger partial charge on any atom is -0.355 e. The Labute approximate surface area is 119 Å². The van der Waals surface area contributed by atoms with Crippen LogP contribution in [0.25, 0.3) is 0 Å². The topological polar surface area (TPSA) is 46.2 Å². The van der Waals surface area contributed by atoms with Crippen molar-refractivity contribution in [2.24, 2.45) is 23.7 Å². The molecule has 4 aliphatic heterocycles. The molecule has 5 rings (SSSR count). The Kier molecular flexibility index (Phi) is 2.81. The summed E-state index contributed by atoms with van der Waals surface area (Å²) in [5.41, 5.74) is -0.454. The molecule has 114 valence electrons. The average Bonchev–Trinajstić information content (AvgIpc) is 2.43. The van der Waals surface area contributed by atoms with Crippen LogP contribution < -0.4 is 0 Å². The fourth-order valence-electron chi connectivity index (χ4n) is 4.96. The zero-order valence-electron chi connectivity index (χ0n) is 12.6. The largest absolute Gasteiger partial charge is 0.355 e. The SMILES string of the molecule is CO[C@H]1O[C@@H]2O[C@]3(C)C[C@H]4[C@H](C)CC[C@@H]([C@H]1C)[C@@]24OO3. The van der Waals surface area contributed by atoms with E-state index in [4.69, 9.17) is 24.0 Å². The van der Waals surface area contributed by atoms with Crippen LogP contribution in [0.4, 0.5) is 0 Å². The molecule has 1 saturated carbocycles. The smallest absolute Gasteiger partial charge is 0.202 e. The van der Waals surface area contributed by atoms with Gasteiger partial charge in [-0.25, -0.2) is 9.78 Å². The summed E-state index contributed by atoms with van der Waals surface area (Å²) in [4.78, 5) is 11.6. The van der Waals surface area contributed by atoms with Crippen LogP contribution in [-0.4, -0.2) is 31.1 Å². The van der Waals surface area contributed by atoms with Gasteiger partial charge in [0, 0.05) is 31.3 Å². The maximum Gasteiger partial charge on any atom is 0.202 e. The molecular weight excluding hydrogens is 260 g/mol. The molecule has 0 aromatic heterocycles. The minimum atomic E-state index is -0.688. The molecule has 5 aliphatic rings. The fraction of sp³-hybridized carbons (Fsp3) is 1.00. The van der Waals surface area contributed by atoms with Gasteiger partial charge < -0.3 is 14.2 Å². The molecule has 2 bridgehead atoms. The first kappa shape index (κ1) is 13.5. The lowest BCUT2D eigenvalue weighted by molar-refractivity contribution is -0.615. The van der Waals surface area contributed by atoms with Crippen molar-refractivity contribution in [3.63, 3.8) is 0 Å². The van der Waals surface area contributed by atoms with Gasteiger partial charge in [-0.1, -0.05) is 13.8 Å². The van der Waals surface area contributed by atoms with E-state index in [-0.39, 0.29) is 18.5 Å². The van der Waals surface area contributed by atoms with Crippen molar-refractivity contribution < 1.29 is 24.0 Å². The maximum absolute atomic E-state index is 6.08. The van der Waals surface area contributed by atoms with E-state index in [9.17, 15) is 0 Å². The van der Waals surface area contributed by atoms with Crippen molar-refractivity contribution >= 4 is 0 Å². The van der Waals surface area contributed by atoms with Crippen molar-refractivity contribution in [2.45, 2.75) is 64.0 Å². The van der Waals surface area contributed by atoms with Gasteiger partial charge in [0.15, 0.2) is 18.2 Å². The van der Waals surface area contributed by atoms with Crippen LogP contribution in [0.5, 0.6) is 0 Å². The maximum atomic E-state index is 6.08. The van der Waals surface area contributed by atoms with Gasteiger partial charge in [0.1, 0.15) is 0 Å². The quantitative estimate of drug-likeness (QED) is 0.692. The Balaban J connectivity index is 1.78. The number of fused-ring (bicyclic) bond motifs is 1. The molecule has 0 unspecified atom stereocenters. The molecule has 5 nitrogen and oxygen atoms in total. The van der Waals surface area contributed by atoms with Crippen LogP contribution in [0, 0.1) is 23.7 Å². The van der Waals surface area contributed by atoms with Gasteiger partial charge in [0.05, 0.1) is 0 Å². The summed E-state index contributed by atoms with van der Waals surface area (Å²) in [6.07, 6.45) is 2.62. The van der Waals surface area contributed by atoms with E-state index in [1.807, 2.05) is 6.92 Å². The molecule has 8 atom stereocenters. The van der Waals surface area contributed by atoms with Crippen LogP contribution in [0.3, 0.4) is 0 Å². The van der Waals surface area contributed by atoms with E-state index in [2.05, 4.69) is 13.8 Å². The van der Waals surface area contributed by atoms with Gasteiger partial charge in [-0.05, 0) is 25.7 Å². The van der Waals surface area contributed by atoms with E-state index in [0.717, 1.165) is 12.8 Å². The summed E-state index contributed by atoms with van der Waals surface area (Å²) in [5.74, 6) is 0.986. The Morgan fingerprint density at radius 3 is 2.65 bits per heavy atom. The molecule has 0 aromatic carbocycles. The highest BCUT2D eigenvalue weighted by molar-refractivity contribution is 5.10. The van der Waals surface area contributed by atoms with Crippen LogP contribution in [0.1, 0.15) is 40.0 Å². The van der Waals surface area contributed by atoms with E-state index in [0.29, 0.717) is 17.8 Å². The predicted molar refractivity (Wildman–Crippen MR) is 69.2 cm³/mol. The van der Waals surface area contributed by atoms with E-state index < -0.39 is 11.4 Å². The number of hydrogen-bond donors (Lipinski definition) is 0. The predicted octanol–water partition coefficient (Wildman–Crippen LogP) is 2.45. The summed E-state index contributed by atoms with van der Waals surface area (Å²) in [5, 5.41) is 0. The number of methoxy groups -OCH3 is 1. The highest BCUT2D eigenvalue weighted by atomic mass is 17.3. The normalized spacial score (nSPS) is 61.2. The second kappa shape index (κ2) is 4.17. The summed E-state index contributed by atoms with van der Waals surface area (Å²) in [6, 6.07) is 0. The Bertz CT molecular complexity index is 415. The molecule has 0 aromatic rings. The highest BCUT2D eigenvalue weighted by Crippen LogP contribution is 2.62.